The number of esters is 1. The predicted octanol–water partition coefficient (Wildman–Crippen LogP) is 4.24. The summed E-state index contributed by atoms with van der Waals surface area (Å²) in [5.74, 6) is -0.721. The minimum atomic E-state index is -4.98. The second kappa shape index (κ2) is 11.6. The Morgan fingerprint density at radius 1 is 1.10 bits per heavy atom. The van der Waals surface area contributed by atoms with Crippen molar-refractivity contribution in [1.29, 1.82) is 0 Å². The van der Waals surface area contributed by atoms with E-state index in [0.717, 1.165) is 4.68 Å². The van der Waals surface area contributed by atoms with E-state index in [0.29, 0.717) is 9.59 Å². The van der Waals surface area contributed by atoms with E-state index in [1.807, 2.05) is 0 Å². The van der Waals surface area contributed by atoms with Crippen LogP contribution in [-0.4, -0.2) is 57.5 Å². The zero-order valence-corrected chi connectivity index (χ0v) is 22.9. The number of ether oxygens (including phenoxy) is 1. The zero-order chi connectivity index (χ0) is 29.4. The lowest BCUT2D eigenvalue weighted by molar-refractivity contribution is -0.207. The van der Waals surface area contributed by atoms with Crippen LogP contribution in [0, 0.1) is 0 Å². The first kappa shape index (κ1) is 29.5. The highest BCUT2D eigenvalue weighted by molar-refractivity contribution is 6.37. The summed E-state index contributed by atoms with van der Waals surface area (Å²) < 4.78 is 47.4. The van der Waals surface area contributed by atoms with Gasteiger partial charge in [-0.05, 0) is 31.2 Å². The molecule has 1 aromatic carbocycles. The molecule has 0 aliphatic heterocycles. The van der Waals surface area contributed by atoms with Crippen LogP contribution < -0.4 is 5.69 Å². The number of hydrogen-bond donors (Lipinski definition) is 1. The van der Waals surface area contributed by atoms with Gasteiger partial charge in [0.15, 0.2) is 29.7 Å². The van der Waals surface area contributed by atoms with Gasteiger partial charge in [-0.3, -0.25) is 14.3 Å². The van der Waals surface area contributed by atoms with Crippen LogP contribution in [0.2, 0.25) is 15.1 Å². The van der Waals surface area contributed by atoms with Crippen LogP contribution in [0.25, 0.3) is 17.1 Å². The molecule has 0 spiro atoms. The summed E-state index contributed by atoms with van der Waals surface area (Å²) in [5, 5.41) is 18.8. The molecule has 0 fully saturated rings. The molecule has 0 aliphatic rings. The minimum Gasteiger partial charge on any atom is -0.455 e. The largest absolute Gasteiger partial charge is 0.455 e. The summed E-state index contributed by atoms with van der Waals surface area (Å²) >= 11 is 18.5. The van der Waals surface area contributed by atoms with Crippen molar-refractivity contribution in [3.05, 3.63) is 73.9 Å². The van der Waals surface area contributed by atoms with Gasteiger partial charge >= 0.3 is 17.8 Å². The summed E-state index contributed by atoms with van der Waals surface area (Å²) in [6, 6.07) is 5.87. The lowest BCUT2D eigenvalue weighted by Gasteiger charge is -2.15. The summed E-state index contributed by atoms with van der Waals surface area (Å²) in [4.78, 5) is 33.1. The molecule has 11 nitrogen and oxygen atoms in total. The lowest BCUT2D eigenvalue weighted by atomic mass is 10.2. The standard InChI is InChI=1S/C23H19Cl3F3N7O4/c1-11(40-12(2)37)20-31-18(32-36(20)19-15(25)7-30-8-16(19)26)10-35-22(39)34(9-17(38)23(27,28)29)21(33-35)13-3-5-14(24)6-4-13/h3-8,11,17,38H,9-10H2,1-2H3/t11-,17+/m1/s1. The number of pyridine rings is 1. The number of rotatable bonds is 8. The van der Waals surface area contributed by atoms with Crippen LogP contribution in [0.4, 0.5) is 13.2 Å². The number of carbonyl (C=O) groups excluding carboxylic acids is 1. The third-order valence-corrected chi connectivity index (χ3v) is 6.28. The van der Waals surface area contributed by atoms with E-state index in [-0.39, 0.29) is 38.8 Å². The number of aliphatic hydroxyl groups excluding tert-OH is 1. The van der Waals surface area contributed by atoms with Crippen LogP contribution in [-0.2, 0) is 22.6 Å². The smallest absolute Gasteiger partial charge is 0.416 e. The molecule has 0 saturated heterocycles. The number of halogens is 6. The molecule has 3 heterocycles. The van der Waals surface area contributed by atoms with Crippen molar-refractivity contribution >= 4 is 40.8 Å². The van der Waals surface area contributed by atoms with E-state index < -0.39 is 43.1 Å². The van der Waals surface area contributed by atoms with Gasteiger partial charge in [-0.15, -0.1) is 10.2 Å². The van der Waals surface area contributed by atoms with Gasteiger partial charge in [-0.2, -0.15) is 13.2 Å². The Morgan fingerprint density at radius 2 is 1.73 bits per heavy atom. The number of hydrogen-bond acceptors (Lipinski definition) is 8. The molecular formula is C23H19Cl3F3N7O4. The number of carbonyl (C=O) groups is 1. The van der Waals surface area contributed by atoms with Gasteiger partial charge in [0.25, 0.3) is 0 Å². The third kappa shape index (κ3) is 6.30. The molecule has 0 amide bonds. The molecule has 0 saturated carbocycles. The number of benzene rings is 1. The van der Waals surface area contributed by atoms with Crippen molar-refractivity contribution in [3.8, 4) is 17.1 Å². The van der Waals surface area contributed by atoms with Gasteiger partial charge in [0.1, 0.15) is 12.2 Å². The van der Waals surface area contributed by atoms with E-state index in [1.165, 1.54) is 55.2 Å². The third-order valence-electron chi connectivity index (χ3n) is 5.47. The van der Waals surface area contributed by atoms with E-state index in [9.17, 15) is 27.9 Å². The Hall–Kier alpha value is -3.46. The van der Waals surface area contributed by atoms with Crippen molar-refractivity contribution in [2.24, 2.45) is 0 Å². The van der Waals surface area contributed by atoms with Crippen molar-refractivity contribution in [2.45, 2.75) is 45.3 Å². The van der Waals surface area contributed by atoms with E-state index in [4.69, 9.17) is 39.5 Å². The van der Waals surface area contributed by atoms with E-state index in [2.05, 4.69) is 20.2 Å². The van der Waals surface area contributed by atoms with Gasteiger partial charge in [0.05, 0.1) is 16.6 Å². The fraction of sp³-hybridized carbons (Fsp3) is 0.304. The van der Waals surface area contributed by atoms with E-state index in [1.54, 1.807) is 0 Å². The highest BCUT2D eigenvalue weighted by atomic mass is 35.5. The highest BCUT2D eigenvalue weighted by Crippen LogP contribution is 2.30. The number of alkyl halides is 3. The fourth-order valence-electron chi connectivity index (χ4n) is 3.70. The van der Waals surface area contributed by atoms with Crippen LogP contribution in [0.3, 0.4) is 0 Å². The minimum absolute atomic E-state index is 0.0382. The molecule has 0 aliphatic carbocycles. The van der Waals surface area contributed by atoms with Gasteiger partial charge in [-0.25, -0.2) is 19.1 Å². The molecule has 212 valence electrons. The maximum absolute atomic E-state index is 13.2. The number of nitrogens with zero attached hydrogens (tertiary/aromatic N) is 7. The van der Waals surface area contributed by atoms with Crippen molar-refractivity contribution in [3.63, 3.8) is 0 Å². The monoisotopic (exact) mass is 619 g/mol. The van der Waals surface area contributed by atoms with Gasteiger partial charge in [0, 0.05) is 29.9 Å². The first-order chi connectivity index (χ1) is 18.8. The molecule has 40 heavy (non-hydrogen) atoms. The Morgan fingerprint density at radius 3 is 2.30 bits per heavy atom. The predicted molar refractivity (Wildman–Crippen MR) is 137 cm³/mol. The average Bonchev–Trinajstić information content (AvgIpc) is 3.40. The molecule has 0 unspecified atom stereocenters. The van der Waals surface area contributed by atoms with Crippen molar-refractivity contribution in [1.82, 2.24) is 34.1 Å². The fourth-order valence-corrected chi connectivity index (χ4v) is 4.35. The summed E-state index contributed by atoms with van der Waals surface area (Å²) in [5.41, 5.74) is -0.536. The summed E-state index contributed by atoms with van der Waals surface area (Å²) in [7, 11) is 0. The molecule has 4 aromatic rings. The number of aromatic nitrogens is 7. The van der Waals surface area contributed by atoms with Crippen molar-refractivity contribution < 1.29 is 27.8 Å². The SMILES string of the molecule is CC(=O)O[C@H](C)c1nc(Cn2nc(-c3ccc(Cl)cc3)n(C[C@H](O)C(F)(F)F)c2=O)nn1-c1c(Cl)cncc1Cl. The second-order valence-electron chi connectivity index (χ2n) is 8.44. The maximum atomic E-state index is 13.2. The quantitative estimate of drug-likeness (QED) is 0.290. The molecule has 0 radical (unpaired) electrons. The van der Waals surface area contributed by atoms with E-state index >= 15 is 0 Å². The molecule has 1 N–H and O–H groups in total. The highest BCUT2D eigenvalue weighted by Gasteiger charge is 2.39. The second-order valence-corrected chi connectivity index (χ2v) is 9.69. The van der Waals surface area contributed by atoms with Crippen LogP contribution in [0.15, 0.2) is 41.5 Å². The first-order valence-corrected chi connectivity index (χ1v) is 12.5. The molecule has 3 aromatic heterocycles. The van der Waals surface area contributed by atoms with Crippen LogP contribution in [0.5, 0.6) is 0 Å². The topological polar surface area (TPSA) is 130 Å². The summed E-state index contributed by atoms with van der Waals surface area (Å²) in [6.07, 6.45) is -6.15. The first-order valence-electron chi connectivity index (χ1n) is 11.4. The number of aliphatic hydroxyl groups is 1. The Labute approximate surface area is 238 Å². The average molecular weight is 621 g/mol. The molecule has 17 heteroatoms. The molecule has 0 bridgehead atoms. The maximum Gasteiger partial charge on any atom is 0.416 e. The molecular weight excluding hydrogens is 602 g/mol. The normalized spacial score (nSPS) is 13.3. The van der Waals surface area contributed by atoms with Crippen LogP contribution in [0.1, 0.15) is 31.6 Å². The Kier molecular flexibility index (Phi) is 8.54. The van der Waals surface area contributed by atoms with Gasteiger partial charge in [-0.1, -0.05) is 34.8 Å². The Balaban J connectivity index is 1.82. The van der Waals surface area contributed by atoms with Crippen LogP contribution >= 0.6 is 34.8 Å². The lowest BCUT2D eigenvalue weighted by Crippen LogP contribution is -2.37. The zero-order valence-electron chi connectivity index (χ0n) is 20.6. The molecule has 2 atom stereocenters. The summed E-state index contributed by atoms with van der Waals surface area (Å²) in [6.45, 7) is 1.19. The van der Waals surface area contributed by atoms with Crippen molar-refractivity contribution in [2.75, 3.05) is 0 Å². The Bertz CT molecular complexity index is 1580. The van der Waals surface area contributed by atoms with Gasteiger partial charge in [0.2, 0.25) is 0 Å². The van der Waals surface area contributed by atoms with Gasteiger partial charge < -0.3 is 9.84 Å². The molecule has 4 rings (SSSR count).